The van der Waals surface area contributed by atoms with Crippen molar-refractivity contribution in [2.75, 3.05) is 0 Å². The van der Waals surface area contributed by atoms with E-state index < -0.39 is 5.54 Å². The van der Waals surface area contributed by atoms with E-state index in [0.717, 1.165) is 37.8 Å². The van der Waals surface area contributed by atoms with Gasteiger partial charge in [-0.25, -0.2) is 0 Å². The van der Waals surface area contributed by atoms with E-state index in [1.54, 1.807) is 11.7 Å². The number of hydrogen-bond acceptors (Lipinski definition) is 3. The first-order valence-electron chi connectivity index (χ1n) is 7.56. The zero-order valence-electron chi connectivity index (χ0n) is 13.4. The van der Waals surface area contributed by atoms with Crippen LogP contribution in [0.15, 0.2) is 6.07 Å². The molecule has 1 aromatic rings. The zero-order valence-corrected chi connectivity index (χ0v) is 13.4. The third-order valence-electron chi connectivity index (χ3n) is 4.15. The molecule has 0 unspecified atom stereocenters. The average molecular weight is 288 g/mol. The van der Waals surface area contributed by atoms with Gasteiger partial charge in [0, 0.05) is 12.5 Å². The number of carbonyl (C=O) groups is 1. The minimum absolute atomic E-state index is 0.103. The number of carbonyl (C=O) groups excluding carboxylic acids is 1. The first-order valence-corrected chi connectivity index (χ1v) is 7.56. The van der Waals surface area contributed by atoms with Crippen LogP contribution in [0.3, 0.4) is 0 Å². The first kappa shape index (κ1) is 15.6. The van der Waals surface area contributed by atoms with Crippen LogP contribution in [0.1, 0.15) is 69.1 Å². The van der Waals surface area contributed by atoms with Gasteiger partial charge in [-0.1, -0.05) is 40.0 Å². The van der Waals surface area contributed by atoms with E-state index in [4.69, 9.17) is 0 Å². The molecule has 2 rings (SSSR count). The van der Waals surface area contributed by atoms with Gasteiger partial charge in [0.15, 0.2) is 0 Å². The van der Waals surface area contributed by atoms with Crippen LogP contribution in [0.5, 0.6) is 0 Å². The van der Waals surface area contributed by atoms with Gasteiger partial charge in [0.05, 0.1) is 11.8 Å². The summed E-state index contributed by atoms with van der Waals surface area (Å²) in [5.41, 5.74) is 0.583. The summed E-state index contributed by atoms with van der Waals surface area (Å²) < 4.78 is 1.60. The van der Waals surface area contributed by atoms with E-state index >= 15 is 0 Å². The Bertz CT molecular complexity index is 568. The van der Waals surface area contributed by atoms with Gasteiger partial charge in [0.25, 0.3) is 5.91 Å². The van der Waals surface area contributed by atoms with E-state index in [9.17, 15) is 10.1 Å². The van der Waals surface area contributed by atoms with E-state index in [0.29, 0.717) is 5.69 Å². The molecule has 21 heavy (non-hydrogen) atoms. The maximum absolute atomic E-state index is 12.5. The van der Waals surface area contributed by atoms with Crippen LogP contribution in [-0.4, -0.2) is 21.2 Å². The number of nitrogens with zero attached hydrogens (tertiary/aromatic N) is 3. The number of amides is 1. The van der Waals surface area contributed by atoms with Crippen molar-refractivity contribution in [3.63, 3.8) is 0 Å². The van der Waals surface area contributed by atoms with Crippen LogP contribution >= 0.6 is 0 Å². The zero-order chi connectivity index (χ0) is 15.7. The van der Waals surface area contributed by atoms with Gasteiger partial charge in [0.2, 0.25) is 0 Å². The number of rotatable bonds is 2. The molecule has 1 aliphatic carbocycles. The molecule has 0 atom stereocenters. The van der Waals surface area contributed by atoms with Crippen LogP contribution in [0.2, 0.25) is 0 Å². The quantitative estimate of drug-likeness (QED) is 0.909. The number of nitriles is 1. The minimum atomic E-state index is -0.707. The Morgan fingerprint density at radius 1 is 1.38 bits per heavy atom. The molecule has 1 amide bonds. The molecule has 1 aromatic heterocycles. The predicted octanol–water partition coefficient (Wildman–Crippen LogP) is 2.67. The molecule has 114 valence electrons. The standard InChI is InChI=1S/C16H24N4O/c1-15(2,3)13-10-12(20(4)19-13)14(21)18-16(11-17)8-6-5-7-9-16/h10H,5-9H2,1-4H3,(H,18,21). The molecule has 5 nitrogen and oxygen atoms in total. The molecule has 0 spiro atoms. The van der Waals surface area contributed by atoms with Crippen molar-refractivity contribution in [2.45, 2.75) is 63.8 Å². The fourth-order valence-electron chi connectivity index (χ4n) is 2.75. The third-order valence-corrected chi connectivity index (χ3v) is 4.15. The van der Waals surface area contributed by atoms with E-state index in [1.165, 1.54) is 0 Å². The van der Waals surface area contributed by atoms with Crippen LogP contribution in [-0.2, 0) is 12.5 Å². The summed E-state index contributed by atoms with van der Waals surface area (Å²) in [6.07, 6.45) is 4.59. The summed E-state index contributed by atoms with van der Waals surface area (Å²) in [5.74, 6) is -0.205. The molecule has 1 saturated carbocycles. The Kier molecular flexibility index (Phi) is 4.08. The Balaban J connectivity index is 2.21. The van der Waals surface area contributed by atoms with Crippen LogP contribution in [0.25, 0.3) is 0 Å². The van der Waals surface area contributed by atoms with Gasteiger partial charge in [-0.15, -0.1) is 0 Å². The highest BCUT2D eigenvalue weighted by molar-refractivity contribution is 5.93. The third kappa shape index (κ3) is 3.26. The highest BCUT2D eigenvalue weighted by Crippen LogP contribution is 2.28. The van der Waals surface area contributed by atoms with Gasteiger partial charge in [-0.3, -0.25) is 9.48 Å². The molecule has 1 heterocycles. The summed E-state index contributed by atoms with van der Waals surface area (Å²) >= 11 is 0. The lowest BCUT2D eigenvalue weighted by Crippen LogP contribution is -2.49. The number of aromatic nitrogens is 2. The lowest BCUT2D eigenvalue weighted by Gasteiger charge is -2.31. The Morgan fingerprint density at radius 3 is 2.48 bits per heavy atom. The smallest absolute Gasteiger partial charge is 0.270 e. The number of aryl methyl sites for hydroxylation is 1. The van der Waals surface area contributed by atoms with Crippen molar-refractivity contribution < 1.29 is 4.79 Å². The number of hydrogen-bond donors (Lipinski definition) is 1. The summed E-state index contributed by atoms with van der Waals surface area (Å²) in [5, 5.41) is 16.8. The molecule has 1 fully saturated rings. The SMILES string of the molecule is Cn1nc(C(C)(C)C)cc1C(=O)NC1(C#N)CCCCC1. The average Bonchev–Trinajstić information content (AvgIpc) is 2.82. The second kappa shape index (κ2) is 5.51. The molecule has 0 aliphatic heterocycles. The molecule has 0 bridgehead atoms. The Labute approximate surface area is 126 Å². The topological polar surface area (TPSA) is 70.7 Å². The fraction of sp³-hybridized carbons (Fsp3) is 0.688. The lowest BCUT2D eigenvalue weighted by atomic mass is 9.83. The predicted molar refractivity (Wildman–Crippen MR) is 80.8 cm³/mol. The second-order valence-corrected chi connectivity index (χ2v) is 7.00. The molecule has 5 heteroatoms. The van der Waals surface area contributed by atoms with Crippen molar-refractivity contribution >= 4 is 5.91 Å². The van der Waals surface area contributed by atoms with Crippen molar-refractivity contribution in [1.82, 2.24) is 15.1 Å². The normalized spacial score (nSPS) is 18.0. The van der Waals surface area contributed by atoms with Gasteiger partial charge in [0.1, 0.15) is 11.2 Å². The first-order chi connectivity index (χ1) is 9.77. The van der Waals surface area contributed by atoms with Gasteiger partial charge >= 0.3 is 0 Å². The summed E-state index contributed by atoms with van der Waals surface area (Å²) in [4.78, 5) is 12.5. The summed E-state index contributed by atoms with van der Waals surface area (Å²) in [6.45, 7) is 6.19. The fourth-order valence-corrected chi connectivity index (χ4v) is 2.75. The molecule has 0 aromatic carbocycles. The molecule has 1 aliphatic rings. The maximum atomic E-state index is 12.5. The largest absolute Gasteiger partial charge is 0.332 e. The molecule has 1 N–H and O–H groups in total. The van der Waals surface area contributed by atoms with Crippen LogP contribution in [0, 0.1) is 11.3 Å². The summed E-state index contributed by atoms with van der Waals surface area (Å²) in [6, 6.07) is 4.14. The number of nitrogens with one attached hydrogen (secondary N) is 1. The minimum Gasteiger partial charge on any atom is -0.332 e. The second-order valence-electron chi connectivity index (χ2n) is 7.00. The van der Waals surface area contributed by atoms with Crippen LogP contribution < -0.4 is 5.32 Å². The van der Waals surface area contributed by atoms with Gasteiger partial charge in [-0.2, -0.15) is 10.4 Å². The molecule has 0 radical (unpaired) electrons. The van der Waals surface area contributed by atoms with Crippen molar-refractivity contribution in [3.05, 3.63) is 17.5 Å². The lowest BCUT2D eigenvalue weighted by molar-refractivity contribution is 0.0893. The molecule has 0 saturated heterocycles. The molecular weight excluding hydrogens is 264 g/mol. The maximum Gasteiger partial charge on any atom is 0.270 e. The van der Waals surface area contributed by atoms with E-state index in [2.05, 4.69) is 37.3 Å². The van der Waals surface area contributed by atoms with Crippen molar-refractivity contribution in [1.29, 1.82) is 5.26 Å². The Hall–Kier alpha value is -1.83. The van der Waals surface area contributed by atoms with Gasteiger partial charge < -0.3 is 5.32 Å². The van der Waals surface area contributed by atoms with Crippen LogP contribution in [0.4, 0.5) is 0 Å². The van der Waals surface area contributed by atoms with E-state index in [1.807, 2.05) is 6.07 Å². The van der Waals surface area contributed by atoms with Crippen molar-refractivity contribution in [2.24, 2.45) is 7.05 Å². The Morgan fingerprint density at radius 2 is 2.00 bits per heavy atom. The molecular formula is C16H24N4O. The summed E-state index contributed by atoms with van der Waals surface area (Å²) in [7, 11) is 1.77. The monoisotopic (exact) mass is 288 g/mol. The highest BCUT2D eigenvalue weighted by Gasteiger charge is 2.34. The highest BCUT2D eigenvalue weighted by atomic mass is 16.2. The van der Waals surface area contributed by atoms with Crippen molar-refractivity contribution in [3.8, 4) is 6.07 Å². The van der Waals surface area contributed by atoms with Gasteiger partial charge in [-0.05, 0) is 18.9 Å². The van der Waals surface area contributed by atoms with E-state index in [-0.39, 0.29) is 11.3 Å².